The predicted octanol–water partition coefficient (Wildman–Crippen LogP) is 3.99. The molecule has 0 saturated heterocycles. The summed E-state index contributed by atoms with van der Waals surface area (Å²) in [6, 6.07) is 11.7. The van der Waals surface area contributed by atoms with Gasteiger partial charge in [-0.3, -0.25) is 0 Å². The molecule has 0 fully saturated rings. The molecule has 134 valence electrons. The summed E-state index contributed by atoms with van der Waals surface area (Å²) in [6.07, 6.45) is 1.56. The zero-order valence-electron chi connectivity index (χ0n) is 15.2. The molecule has 1 aromatic heterocycles. The topological polar surface area (TPSA) is 81.2 Å². The number of hydrogen-bond acceptors (Lipinski definition) is 7. The summed E-state index contributed by atoms with van der Waals surface area (Å²) >= 11 is 0. The molecule has 7 heteroatoms. The van der Waals surface area contributed by atoms with Crippen LogP contribution in [0.3, 0.4) is 0 Å². The fraction of sp³-hybridized carbons (Fsp3) is 0.211. The highest BCUT2D eigenvalue weighted by Crippen LogP contribution is 2.30. The molecule has 0 unspecified atom stereocenters. The van der Waals surface area contributed by atoms with E-state index in [1.54, 1.807) is 20.4 Å². The van der Waals surface area contributed by atoms with Gasteiger partial charge in [0.2, 0.25) is 5.95 Å². The van der Waals surface area contributed by atoms with Crippen LogP contribution in [0.15, 0.2) is 42.6 Å². The lowest BCUT2D eigenvalue weighted by atomic mass is 10.1. The van der Waals surface area contributed by atoms with Crippen molar-refractivity contribution in [1.82, 2.24) is 15.2 Å². The van der Waals surface area contributed by atoms with Gasteiger partial charge in [0.15, 0.2) is 17.3 Å². The number of aromatic nitrogens is 3. The normalized spacial score (nSPS) is 10.3. The molecule has 0 aliphatic rings. The molecule has 3 rings (SSSR count). The van der Waals surface area contributed by atoms with E-state index in [9.17, 15) is 0 Å². The quantitative estimate of drug-likeness (QED) is 0.695. The molecule has 0 spiro atoms. The lowest BCUT2D eigenvalue weighted by molar-refractivity contribution is 0.355. The molecule has 2 N–H and O–H groups in total. The van der Waals surface area contributed by atoms with Crippen molar-refractivity contribution in [1.29, 1.82) is 0 Å². The maximum Gasteiger partial charge on any atom is 0.249 e. The first-order valence-corrected chi connectivity index (χ1v) is 8.11. The minimum atomic E-state index is 0.417. The Labute approximate surface area is 152 Å². The Morgan fingerprint density at radius 2 is 1.54 bits per heavy atom. The maximum absolute atomic E-state index is 5.31. The van der Waals surface area contributed by atoms with Crippen molar-refractivity contribution in [2.45, 2.75) is 13.8 Å². The highest BCUT2D eigenvalue weighted by Gasteiger charge is 2.07. The number of rotatable bonds is 6. The third-order valence-electron chi connectivity index (χ3n) is 3.69. The van der Waals surface area contributed by atoms with Gasteiger partial charge in [0.1, 0.15) is 0 Å². The lowest BCUT2D eigenvalue weighted by Gasteiger charge is -2.11. The van der Waals surface area contributed by atoms with Crippen LogP contribution in [0.2, 0.25) is 0 Å². The van der Waals surface area contributed by atoms with Crippen LogP contribution >= 0.6 is 0 Å². The second-order valence-corrected chi connectivity index (χ2v) is 5.86. The lowest BCUT2D eigenvalue weighted by Crippen LogP contribution is -2.03. The van der Waals surface area contributed by atoms with Crippen LogP contribution in [0, 0.1) is 13.8 Å². The molecule has 0 radical (unpaired) electrons. The maximum atomic E-state index is 5.31. The highest BCUT2D eigenvalue weighted by molar-refractivity contribution is 5.62. The summed E-state index contributed by atoms with van der Waals surface area (Å²) in [6.45, 7) is 4.10. The number of nitrogens with zero attached hydrogens (tertiary/aromatic N) is 3. The van der Waals surface area contributed by atoms with E-state index in [-0.39, 0.29) is 0 Å². The van der Waals surface area contributed by atoms with E-state index in [0.717, 1.165) is 11.4 Å². The molecule has 2 aromatic carbocycles. The van der Waals surface area contributed by atoms with Crippen LogP contribution in [0.4, 0.5) is 23.1 Å². The average Bonchev–Trinajstić information content (AvgIpc) is 2.61. The summed E-state index contributed by atoms with van der Waals surface area (Å²) < 4.78 is 10.6. The third kappa shape index (κ3) is 4.18. The van der Waals surface area contributed by atoms with E-state index in [0.29, 0.717) is 23.3 Å². The summed E-state index contributed by atoms with van der Waals surface area (Å²) in [5.41, 5.74) is 4.06. The largest absolute Gasteiger partial charge is 0.493 e. The molecular weight excluding hydrogens is 330 g/mol. The van der Waals surface area contributed by atoms with E-state index in [4.69, 9.17) is 9.47 Å². The Bertz CT molecular complexity index is 894. The third-order valence-corrected chi connectivity index (χ3v) is 3.69. The number of nitrogens with one attached hydrogen (secondary N) is 2. The van der Waals surface area contributed by atoms with E-state index >= 15 is 0 Å². The van der Waals surface area contributed by atoms with Crippen LogP contribution in [-0.4, -0.2) is 29.4 Å². The number of anilines is 4. The second kappa shape index (κ2) is 7.69. The molecule has 0 aliphatic heterocycles. The SMILES string of the molecule is COc1ccc(Nc2cnnc(Nc3cc(C)cc(C)c3)n2)cc1OC. The van der Waals surface area contributed by atoms with Gasteiger partial charge in [-0.15, -0.1) is 5.10 Å². The van der Waals surface area contributed by atoms with Gasteiger partial charge in [0.25, 0.3) is 0 Å². The van der Waals surface area contributed by atoms with E-state index in [1.807, 2.05) is 44.2 Å². The van der Waals surface area contributed by atoms with Crippen molar-refractivity contribution in [2.75, 3.05) is 24.9 Å². The molecule has 0 saturated carbocycles. The van der Waals surface area contributed by atoms with Gasteiger partial charge in [-0.25, -0.2) is 0 Å². The van der Waals surface area contributed by atoms with Crippen molar-refractivity contribution >= 4 is 23.1 Å². The van der Waals surface area contributed by atoms with E-state index in [1.165, 1.54) is 11.1 Å². The first kappa shape index (κ1) is 17.5. The standard InChI is InChI=1S/C19H21N5O2/c1-12-7-13(2)9-15(8-12)22-19-23-18(11-20-24-19)21-14-5-6-16(25-3)17(10-14)26-4/h5-11H,1-4H3,(H2,21,22,23,24). The highest BCUT2D eigenvalue weighted by atomic mass is 16.5. The number of hydrogen-bond donors (Lipinski definition) is 2. The molecule has 0 aliphatic carbocycles. The summed E-state index contributed by atoms with van der Waals surface area (Å²) in [5, 5.41) is 14.4. The zero-order chi connectivity index (χ0) is 18.5. The van der Waals surface area contributed by atoms with Crippen molar-refractivity contribution in [3.05, 3.63) is 53.7 Å². The predicted molar refractivity (Wildman–Crippen MR) is 102 cm³/mol. The van der Waals surface area contributed by atoms with Crippen LogP contribution in [0.1, 0.15) is 11.1 Å². The van der Waals surface area contributed by atoms with Gasteiger partial charge in [0.05, 0.1) is 20.4 Å². The minimum Gasteiger partial charge on any atom is -0.493 e. The molecule has 3 aromatic rings. The first-order chi connectivity index (χ1) is 12.6. The zero-order valence-corrected chi connectivity index (χ0v) is 15.2. The Hall–Kier alpha value is -3.35. The number of methoxy groups -OCH3 is 2. The Kier molecular flexibility index (Phi) is 5.17. The summed E-state index contributed by atoms with van der Waals surface area (Å²) in [4.78, 5) is 4.45. The average molecular weight is 351 g/mol. The summed E-state index contributed by atoms with van der Waals surface area (Å²) in [7, 11) is 3.20. The van der Waals surface area contributed by atoms with Gasteiger partial charge >= 0.3 is 0 Å². The number of benzene rings is 2. The van der Waals surface area contributed by atoms with Crippen molar-refractivity contribution in [2.24, 2.45) is 0 Å². The smallest absolute Gasteiger partial charge is 0.249 e. The number of ether oxygens (including phenoxy) is 2. The Morgan fingerprint density at radius 3 is 2.23 bits per heavy atom. The van der Waals surface area contributed by atoms with Crippen LogP contribution in [0.25, 0.3) is 0 Å². The molecule has 1 heterocycles. The summed E-state index contributed by atoms with van der Waals surface area (Å²) in [5.74, 6) is 2.28. The fourth-order valence-electron chi connectivity index (χ4n) is 2.65. The molecule has 26 heavy (non-hydrogen) atoms. The molecular formula is C19H21N5O2. The van der Waals surface area contributed by atoms with E-state index in [2.05, 4.69) is 31.9 Å². The first-order valence-electron chi connectivity index (χ1n) is 8.11. The van der Waals surface area contributed by atoms with Gasteiger partial charge in [0, 0.05) is 17.4 Å². The Morgan fingerprint density at radius 1 is 0.808 bits per heavy atom. The molecule has 0 atom stereocenters. The van der Waals surface area contributed by atoms with Crippen molar-refractivity contribution < 1.29 is 9.47 Å². The van der Waals surface area contributed by atoms with Crippen LogP contribution < -0.4 is 20.1 Å². The van der Waals surface area contributed by atoms with Crippen molar-refractivity contribution in [3.63, 3.8) is 0 Å². The van der Waals surface area contributed by atoms with Gasteiger partial charge in [-0.05, 0) is 49.2 Å². The second-order valence-electron chi connectivity index (χ2n) is 5.86. The van der Waals surface area contributed by atoms with E-state index < -0.39 is 0 Å². The van der Waals surface area contributed by atoms with Gasteiger partial charge in [-0.1, -0.05) is 6.07 Å². The van der Waals surface area contributed by atoms with Crippen LogP contribution in [0.5, 0.6) is 11.5 Å². The molecule has 0 amide bonds. The Balaban J connectivity index is 1.79. The number of aryl methyl sites for hydroxylation is 2. The minimum absolute atomic E-state index is 0.417. The molecule has 0 bridgehead atoms. The monoisotopic (exact) mass is 351 g/mol. The van der Waals surface area contributed by atoms with Crippen molar-refractivity contribution in [3.8, 4) is 11.5 Å². The van der Waals surface area contributed by atoms with Crippen LogP contribution in [-0.2, 0) is 0 Å². The fourth-order valence-corrected chi connectivity index (χ4v) is 2.65. The van der Waals surface area contributed by atoms with Gasteiger partial charge < -0.3 is 20.1 Å². The van der Waals surface area contributed by atoms with Gasteiger partial charge in [-0.2, -0.15) is 10.1 Å². The molecule has 7 nitrogen and oxygen atoms in total.